The second-order valence-electron chi connectivity index (χ2n) is 5.84. The number of hydrogen-bond donors (Lipinski definition) is 1. The number of rotatable bonds is 3. The van der Waals surface area contributed by atoms with Gasteiger partial charge in [0.05, 0.1) is 0 Å². The molecule has 7 heteroatoms. The van der Waals surface area contributed by atoms with Crippen LogP contribution in [0.4, 0.5) is 19.0 Å². The van der Waals surface area contributed by atoms with Crippen molar-refractivity contribution in [3.05, 3.63) is 72.3 Å². The summed E-state index contributed by atoms with van der Waals surface area (Å²) in [6.07, 6.45) is 3.20. The molecule has 2 aromatic heterocycles. The lowest BCUT2D eigenvalue weighted by Crippen LogP contribution is -2.01. The van der Waals surface area contributed by atoms with Gasteiger partial charge in [0.25, 0.3) is 0 Å². The van der Waals surface area contributed by atoms with Gasteiger partial charge in [-0.25, -0.2) is 23.1 Å². The first-order chi connectivity index (χ1) is 13.1. The van der Waals surface area contributed by atoms with Crippen molar-refractivity contribution in [1.29, 1.82) is 0 Å². The number of benzene rings is 2. The normalized spacial score (nSPS) is 11.0. The molecule has 27 heavy (non-hydrogen) atoms. The lowest BCUT2D eigenvalue weighted by molar-refractivity contribution is 0.509. The van der Waals surface area contributed by atoms with Gasteiger partial charge in [-0.1, -0.05) is 12.1 Å². The molecule has 0 spiro atoms. The van der Waals surface area contributed by atoms with Crippen LogP contribution in [0.15, 0.2) is 54.9 Å². The van der Waals surface area contributed by atoms with E-state index >= 15 is 4.39 Å². The molecule has 4 rings (SSSR count). The molecule has 2 aromatic carbocycles. The predicted octanol–water partition coefficient (Wildman–Crippen LogP) is 4.82. The molecule has 0 saturated carbocycles. The molecule has 0 amide bonds. The monoisotopic (exact) mass is 366 g/mol. The molecule has 0 atom stereocenters. The number of pyridine rings is 1. The van der Waals surface area contributed by atoms with Gasteiger partial charge in [0.2, 0.25) is 0 Å². The number of fused-ring (bicyclic) bond motifs is 1. The van der Waals surface area contributed by atoms with Gasteiger partial charge in [-0.05, 0) is 35.9 Å². The minimum absolute atomic E-state index is 0.0791. The van der Waals surface area contributed by atoms with E-state index in [1.165, 1.54) is 12.1 Å². The van der Waals surface area contributed by atoms with Crippen molar-refractivity contribution < 1.29 is 13.2 Å². The fourth-order valence-electron chi connectivity index (χ4n) is 2.86. The summed E-state index contributed by atoms with van der Waals surface area (Å²) in [6.45, 7) is 0. The Balaban J connectivity index is 1.97. The van der Waals surface area contributed by atoms with Crippen molar-refractivity contribution in [2.75, 3.05) is 12.4 Å². The van der Waals surface area contributed by atoms with Crippen LogP contribution in [0, 0.1) is 17.5 Å². The minimum Gasteiger partial charge on any atom is -0.373 e. The summed E-state index contributed by atoms with van der Waals surface area (Å²) >= 11 is 0. The maximum Gasteiger partial charge on any atom is 0.163 e. The van der Waals surface area contributed by atoms with Crippen LogP contribution >= 0.6 is 0 Å². The van der Waals surface area contributed by atoms with Crippen LogP contribution in [0.3, 0.4) is 0 Å². The second kappa shape index (κ2) is 6.68. The van der Waals surface area contributed by atoms with Crippen LogP contribution in [-0.4, -0.2) is 22.0 Å². The van der Waals surface area contributed by atoms with E-state index in [0.717, 1.165) is 12.1 Å². The zero-order valence-electron chi connectivity index (χ0n) is 14.2. The third kappa shape index (κ3) is 2.97. The molecule has 0 fully saturated rings. The zero-order valence-corrected chi connectivity index (χ0v) is 14.2. The summed E-state index contributed by atoms with van der Waals surface area (Å²) in [5.41, 5.74) is 1.06. The molecule has 4 nitrogen and oxygen atoms in total. The Kier molecular flexibility index (Phi) is 4.19. The van der Waals surface area contributed by atoms with Crippen molar-refractivity contribution in [2.45, 2.75) is 0 Å². The van der Waals surface area contributed by atoms with E-state index in [0.29, 0.717) is 22.6 Å². The minimum atomic E-state index is -1.04. The summed E-state index contributed by atoms with van der Waals surface area (Å²) in [6, 6.07) is 9.90. The van der Waals surface area contributed by atoms with Crippen molar-refractivity contribution in [1.82, 2.24) is 15.0 Å². The average Bonchev–Trinajstić information content (AvgIpc) is 2.70. The van der Waals surface area contributed by atoms with Crippen molar-refractivity contribution in [3.63, 3.8) is 0 Å². The Labute approximate surface area is 152 Å². The molecule has 1 N–H and O–H groups in total. The van der Waals surface area contributed by atoms with Crippen molar-refractivity contribution in [2.24, 2.45) is 0 Å². The maximum atomic E-state index is 15.2. The lowest BCUT2D eigenvalue weighted by atomic mass is 10.0. The molecule has 2 heterocycles. The maximum absolute atomic E-state index is 15.2. The largest absolute Gasteiger partial charge is 0.373 e. The molecule has 0 aliphatic rings. The number of nitrogens with zero attached hydrogens (tertiary/aromatic N) is 3. The molecule has 0 aliphatic heterocycles. The standard InChI is InChI=1S/C20H13F3N4/c1-24-20-14-6-5-13(11-4-7-15(21)16(22)9-11)17(23)18(14)26-19(27-20)12-3-2-8-25-10-12/h2-10H,1H3,(H,24,26,27). The molecule has 0 saturated heterocycles. The van der Waals surface area contributed by atoms with E-state index in [-0.39, 0.29) is 16.6 Å². The molecular formula is C20H13F3N4. The highest BCUT2D eigenvalue weighted by molar-refractivity contribution is 5.94. The Morgan fingerprint density at radius 2 is 1.74 bits per heavy atom. The fourth-order valence-corrected chi connectivity index (χ4v) is 2.86. The van der Waals surface area contributed by atoms with E-state index in [1.807, 2.05) is 0 Å². The third-order valence-corrected chi connectivity index (χ3v) is 4.19. The summed E-state index contributed by atoms with van der Waals surface area (Å²) in [5, 5.41) is 3.42. The second-order valence-corrected chi connectivity index (χ2v) is 5.84. The van der Waals surface area contributed by atoms with Gasteiger partial charge >= 0.3 is 0 Å². The molecular weight excluding hydrogens is 353 g/mol. The molecule has 0 bridgehead atoms. The molecule has 0 unspecified atom stereocenters. The first kappa shape index (κ1) is 17.0. The first-order valence-corrected chi connectivity index (χ1v) is 8.12. The number of nitrogens with one attached hydrogen (secondary N) is 1. The summed E-state index contributed by atoms with van der Waals surface area (Å²) in [4.78, 5) is 12.8. The van der Waals surface area contributed by atoms with Crippen LogP contribution in [0.1, 0.15) is 0 Å². The van der Waals surface area contributed by atoms with Gasteiger partial charge in [-0.15, -0.1) is 0 Å². The van der Waals surface area contributed by atoms with E-state index in [1.54, 1.807) is 37.6 Å². The quantitative estimate of drug-likeness (QED) is 0.565. The van der Waals surface area contributed by atoms with Gasteiger partial charge in [-0.3, -0.25) is 4.98 Å². The smallest absolute Gasteiger partial charge is 0.163 e. The summed E-state index contributed by atoms with van der Waals surface area (Å²) in [5.74, 6) is -1.90. The van der Waals surface area contributed by atoms with Crippen molar-refractivity contribution >= 4 is 16.7 Å². The number of anilines is 1. The Morgan fingerprint density at radius 1 is 0.889 bits per heavy atom. The average molecular weight is 366 g/mol. The first-order valence-electron chi connectivity index (χ1n) is 8.12. The number of hydrogen-bond acceptors (Lipinski definition) is 4. The van der Waals surface area contributed by atoms with Gasteiger partial charge < -0.3 is 5.32 Å². The topological polar surface area (TPSA) is 50.7 Å². The fraction of sp³-hybridized carbons (Fsp3) is 0.0500. The molecule has 134 valence electrons. The zero-order chi connectivity index (χ0) is 19.0. The SMILES string of the molecule is CNc1nc(-c2cccnc2)nc2c(F)c(-c3ccc(F)c(F)c3)ccc12. The summed E-state index contributed by atoms with van der Waals surface area (Å²) in [7, 11) is 1.68. The van der Waals surface area contributed by atoms with E-state index < -0.39 is 17.5 Å². The van der Waals surface area contributed by atoms with E-state index in [4.69, 9.17) is 0 Å². The third-order valence-electron chi connectivity index (χ3n) is 4.19. The summed E-state index contributed by atoms with van der Waals surface area (Å²) < 4.78 is 42.0. The Hall–Kier alpha value is -3.48. The predicted molar refractivity (Wildman–Crippen MR) is 97.6 cm³/mol. The highest BCUT2D eigenvalue weighted by Gasteiger charge is 2.17. The van der Waals surface area contributed by atoms with Gasteiger partial charge in [0.1, 0.15) is 11.3 Å². The number of halogens is 3. The van der Waals surface area contributed by atoms with Crippen LogP contribution in [0.25, 0.3) is 33.4 Å². The Bertz CT molecular complexity index is 1150. The Morgan fingerprint density at radius 3 is 2.44 bits per heavy atom. The number of aromatic nitrogens is 3. The van der Waals surface area contributed by atoms with Crippen LogP contribution in [0.5, 0.6) is 0 Å². The highest BCUT2D eigenvalue weighted by Crippen LogP contribution is 2.32. The van der Waals surface area contributed by atoms with E-state index in [9.17, 15) is 8.78 Å². The molecule has 4 aromatic rings. The molecule has 0 radical (unpaired) electrons. The van der Waals surface area contributed by atoms with Gasteiger partial charge in [0.15, 0.2) is 23.3 Å². The van der Waals surface area contributed by atoms with Gasteiger partial charge in [-0.2, -0.15) is 0 Å². The van der Waals surface area contributed by atoms with Crippen LogP contribution < -0.4 is 5.32 Å². The molecule has 0 aliphatic carbocycles. The highest BCUT2D eigenvalue weighted by atomic mass is 19.2. The lowest BCUT2D eigenvalue weighted by Gasteiger charge is -2.11. The van der Waals surface area contributed by atoms with Crippen LogP contribution in [-0.2, 0) is 0 Å². The van der Waals surface area contributed by atoms with E-state index in [2.05, 4.69) is 20.3 Å². The van der Waals surface area contributed by atoms with Crippen molar-refractivity contribution in [3.8, 4) is 22.5 Å². The van der Waals surface area contributed by atoms with Crippen LogP contribution in [0.2, 0.25) is 0 Å². The van der Waals surface area contributed by atoms with Gasteiger partial charge in [0, 0.05) is 36.0 Å².